The molecular formula is C34H34FN5O. The molecule has 2 unspecified atom stereocenters. The minimum Gasteiger partial charge on any atom is -0.357 e. The summed E-state index contributed by atoms with van der Waals surface area (Å²) in [5.74, 6) is 0.471. The van der Waals surface area contributed by atoms with Crippen LogP contribution in [0.25, 0.3) is 23.3 Å². The van der Waals surface area contributed by atoms with Gasteiger partial charge in [-0.25, -0.2) is 4.39 Å². The molecule has 7 rings (SSSR count). The second kappa shape index (κ2) is 11.4. The Balaban J connectivity index is 1.32. The summed E-state index contributed by atoms with van der Waals surface area (Å²) in [5, 5.41) is 12.5. The summed E-state index contributed by atoms with van der Waals surface area (Å²) in [7, 11) is 0. The Morgan fingerprint density at radius 2 is 1.71 bits per heavy atom. The van der Waals surface area contributed by atoms with Gasteiger partial charge in [-0.3, -0.25) is 5.01 Å². The van der Waals surface area contributed by atoms with Crippen molar-refractivity contribution in [3.8, 4) is 0 Å². The highest BCUT2D eigenvalue weighted by Crippen LogP contribution is 2.46. The lowest BCUT2D eigenvalue weighted by molar-refractivity contribution is 0.00520. The van der Waals surface area contributed by atoms with E-state index in [9.17, 15) is 0 Å². The van der Waals surface area contributed by atoms with Crippen LogP contribution in [-0.2, 0) is 4.74 Å². The summed E-state index contributed by atoms with van der Waals surface area (Å²) < 4.78 is 21.5. The van der Waals surface area contributed by atoms with Gasteiger partial charge >= 0.3 is 0 Å². The Morgan fingerprint density at radius 1 is 0.878 bits per heavy atom. The zero-order chi connectivity index (χ0) is 27.6. The van der Waals surface area contributed by atoms with Crippen LogP contribution in [-0.4, -0.2) is 28.2 Å². The van der Waals surface area contributed by atoms with Gasteiger partial charge in [0, 0.05) is 12.2 Å². The number of hydrogen-bond donors (Lipinski definition) is 2. The monoisotopic (exact) mass is 547 g/mol. The molecule has 0 radical (unpaired) electrons. The highest BCUT2D eigenvalue weighted by molar-refractivity contribution is 6.00. The quantitative estimate of drug-likeness (QED) is 0.185. The van der Waals surface area contributed by atoms with Gasteiger partial charge in [-0.15, -0.1) is 0 Å². The minimum absolute atomic E-state index is 0.142. The molecule has 3 heterocycles. The minimum atomic E-state index is -1.27. The normalized spacial score (nSPS) is 21.5. The van der Waals surface area contributed by atoms with Gasteiger partial charge in [0.15, 0.2) is 6.30 Å². The number of anilines is 1. The van der Waals surface area contributed by atoms with Crippen LogP contribution in [0.15, 0.2) is 79.0 Å². The number of hydrogen-bond acceptors (Lipinski definition) is 5. The summed E-state index contributed by atoms with van der Waals surface area (Å²) >= 11 is 0. The van der Waals surface area contributed by atoms with Gasteiger partial charge in [0.1, 0.15) is 11.9 Å². The third kappa shape index (κ3) is 5.23. The smallest absolute Gasteiger partial charge is 0.195 e. The first kappa shape index (κ1) is 25.9. The van der Waals surface area contributed by atoms with Crippen LogP contribution < -0.4 is 10.4 Å². The van der Waals surface area contributed by atoms with Crippen molar-refractivity contribution in [1.82, 2.24) is 20.8 Å². The van der Waals surface area contributed by atoms with E-state index < -0.39 is 6.30 Å². The Bertz CT molecular complexity index is 1540. The number of alkyl halides is 1. The van der Waals surface area contributed by atoms with E-state index in [1.807, 2.05) is 23.2 Å². The third-order valence-corrected chi connectivity index (χ3v) is 8.49. The van der Waals surface area contributed by atoms with E-state index in [2.05, 4.69) is 87.6 Å². The number of benzene rings is 3. The number of hydrazine groups is 1. The van der Waals surface area contributed by atoms with E-state index in [1.165, 1.54) is 23.1 Å². The van der Waals surface area contributed by atoms with Gasteiger partial charge in [0.2, 0.25) is 0 Å². The molecule has 0 spiro atoms. The number of rotatable bonds is 7. The predicted octanol–water partition coefficient (Wildman–Crippen LogP) is 7.55. The van der Waals surface area contributed by atoms with Crippen molar-refractivity contribution in [3.63, 3.8) is 0 Å². The Kier molecular flexibility index (Phi) is 7.21. The fourth-order valence-corrected chi connectivity index (χ4v) is 6.17. The molecule has 41 heavy (non-hydrogen) atoms. The molecule has 0 amide bonds. The van der Waals surface area contributed by atoms with E-state index in [0.717, 1.165) is 60.2 Å². The van der Waals surface area contributed by atoms with Crippen molar-refractivity contribution in [2.24, 2.45) is 5.92 Å². The largest absolute Gasteiger partial charge is 0.357 e. The zero-order valence-electron chi connectivity index (χ0n) is 23.0. The Morgan fingerprint density at radius 3 is 2.41 bits per heavy atom. The maximum absolute atomic E-state index is 15.5. The number of aromatic nitrogens is 3. The number of ether oxygens (including phenoxy) is 1. The van der Waals surface area contributed by atoms with E-state index >= 15 is 4.39 Å². The van der Waals surface area contributed by atoms with Crippen molar-refractivity contribution in [2.45, 2.75) is 51.0 Å². The van der Waals surface area contributed by atoms with E-state index in [0.29, 0.717) is 18.1 Å². The molecule has 2 atom stereocenters. The average Bonchev–Trinajstić information content (AvgIpc) is 3.64. The Hall–Kier alpha value is -4.07. The van der Waals surface area contributed by atoms with Crippen molar-refractivity contribution in [3.05, 3.63) is 113 Å². The fourth-order valence-electron chi connectivity index (χ4n) is 6.17. The highest BCUT2D eigenvalue weighted by Gasteiger charge is 2.35. The molecule has 1 aromatic heterocycles. The molecule has 3 aliphatic rings. The van der Waals surface area contributed by atoms with Crippen molar-refractivity contribution in [2.75, 3.05) is 11.6 Å². The SMILES string of the molecule is FC1NN(C2CCCCO2)c2ccc(/C(=C(/c3ccccc3)C3CCC3)c3ccc(/C=C/c4cn[nH]n4)cc3)cc21. The van der Waals surface area contributed by atoms with Crippen LogP contribution in [0.1, 0.15) is 78.3 Å². The predicted molar refractivity (Wildman–Crippen MR) is 161 cm³/mol. The zero-order valence-corrected chi connectivity index (χ0v) is 23.0. The molecule has 2 N–H and O–H groups in total. The van der Waals surface area contributed by atoms with Crippen LogP contribution >= 0.6 is 0 Å². The molecular weight excluding hydrogens is 513 g/mol. The molecule has 4 aromatic rings. The molecule has 7 heteroatoms. The molecule has 6 nitrogen and oxygen atoms in total. The number of aromatic amines is 1. The van der Waals surface area contributed by atoms with E-state index in [4.69, 9.17) is 4.74 Å². The second-order valence-corrected chi connectivity index (χ2v) is 11.1. The number of H-pyrrole nitrogens is 1. The summed E-state index contributed by atoms with van der Waals surface area (Å²) in [4.78, 5) is 0. The lowest BCUT2D eigenvalue weighted by atomic mass is 9.73. The standard InChI is InChI=1S/C34H34FN5O/c35-34-29-21-27(17-19-30(29)40(38-34)31-11-4-5-20-41-31)33(32(25-9-6-10-25)24-7-2-1-3-8-24)26-15-12-23(13-16-26)14-18-28-22-36-39-37-28/h1-3,7-8,12-19,21-22,25,31,34,38H,4-6,9-11,20H2,(H,36,37,39)/b18-14+,33-32-. The van der Waals surface area contributed by atoms with Gasteiger partial charge < -0.3 is 4.74 Å². The van der Waals surface area contributed by atoms with Crippen molar-refractivity contribution < 1.29 is 9.13 Å². The Labute approximate surface area is 239 Å². The number of halogens is 1. The van der Waals surface area contributed by atoms with Gasteiger partial charge in [0.05, 0.1) is 11.9 Å². The maximum Gasteiger partial charge on any atom is 0.195 e. The number of allylic oxidation sites excluding steroid dienone is 1. The first-order valence-electron chi connectivity index (χ1n) is 14.6. The maximum atomic E-state index is 15.5. The molecule has 1 saturated carbocycles. The number of fused-ring (bicyclic) bond motifs is 1. The fraction of sp³-hybridized carbons (Fsp3) is 0.294. The molecule has 2 fully saturated rings. The van der Waals surface area contributed by atoms with E-state index in [-0.39, 0.29) is 6.23 Å². The number of nitrogens with one attached hydrogen (secondary N) is 2. The molecule has 2 aliphatic heterocycles. The average molecular weight is 548 g/mol. The lowest BCUT2D eigenvalue weighted by Crippen LogP contribution is -2.45. The first-order valence-corrected chi connectivity index (χ1v) is 14.6. The summed E-state index contributed by atoms with van der Waals surface area (Å²) in [5.41, 5.74) is 12.4. The highest BCUT2D eigenvalue weighted by atomic mass is 19.1. The molecule has 1 aliphatic carbocycles. The van der Waals surface area contributed by atoms with Crippen LogP contribution in [0.3, 0.4) is 0 Å². The summed E-state index contributed by atoms with van der Waals surface area (Å²) in [6.45, 7) is 0.714. The van der Waals surface area contributed by atoms with Crippen molar-refractivity contribution >= 4 is 29.0 Å². The molecule has 0 bridgehead atoms. The first-order chi connectivity index (χ1) is 20.2. The van der Waals surface area contributed by atoms with Gasteiger partial charge in [-0.2, -0.15) is 20.8 Å². The van der Waals surface area contributed by atoms with Crippen LogP contribution in [0.4, 0.5) is 10.1 Å². The number of nitrogens with zero attached hydrogens (tertiary/aromatic N) is 3. The van der Waals surface area contributed by atoms with E-state index in [1.54, 1.807) is 6.20 Å². The second-order valence-electron chi connectivity index (χ2n) is 11.1. The lowest BCUT2D eigenvalue weighted by Gasteiger charge is -2.33. The summed E-state index contributed by atoms with van der Waals surface area (Å²) in [6, 6.07) is 25.6. The van der Waals surface area contributed by atoms with Gasteiger partial charge in [-0.05, 0) is 89.6 Å². The van der Waals surface area contributed by atoms with Gasteiger partial charge in [-0.1, -0.05) is 73.2 Å². The van der Waals surface area contributed by atoms with Crippen molar-refractivity contribution in [1.29, 1.82) is 0 Å². The van der Waals surface area contributed by atoms with Crippen LogP contribution in [0.5, 0.6) is 0 Å². The topological polar surface area (TPSA) is 66.1 Å². The molecule has 208 valence electrons. The third-order valence-electron chi connectivity index (χ3n) is 8.49. The van der Waals surface area contributed by atoms with Gasteiger partial charge in [0.25, 0.3) is 0 Å². The molecule has 3 aromatic carbocycles. The van der Waals surface area contributed by atoms with Crippen LogP contribution in [0, 0.1) is 5.92 Å². The molecule has 1 saturated heterocycles. The summed E-state index contributed by atoms with van der Waals surface area (Å²) in [6.07, 6.45) is 10.9. The van der Waals surface area contributed by atoms with Crippen LogP contribution in [0.2, 0.25) is 0 Å².